The summed E-state index contributed by atoms with van der Waals surface area (Å²) in [4.78, 5) is 4.57. The highest BCUT2D eigenvalue weighted by Crippen LogP contribution is 2.54. The number of guanidine groups is 1. The van der Waals surface area contributed by atoms with E-state index in [9.17, 15) is 8.42 Å². The van der Waals surface area contributed by atoms with Crippen molar-refractivity contribution in [1.82, 2.24) is 10.6 Å². The van der Waals surface area contributed by atoms with Gasteiger partial charge in [0.25, 0.3) is 0 Å². The maximum absolute atomic E-state index is 11.1. The normalized spacial score (nSPS) is 24.3. The van der Waals surface area contributed by atoms with Crippen molar-refractivity contribution in [3.63, 3.8) is 0 Å². The summed E-state index contributed by atoms with van der Waals surface area (Å²) in [5.41, 5.74) is 0.262. The SMILES string of the molecule is CCNC(=NCCOCCS(C)(=O)=O)NC1CC(OCC)C12CCCC2.I. The van der Waals surface area contributed by atoms with E-state index in [0.717, 1.165) is 25.5 Å². The van der Waals surface area contributed by atoms with Crippen LogP contribution in [0.3, 0.4) is 0 Å². The Balaban J connectivity index is 0.00000364. The van der Waals surface area contributed by atoms with Crippen LogP contribution in [0.5, 0.6) is 0 Å². The molecule has 0 aromatic heterocycles. The Morgan fingerprint density at radius 3 is 2.52 bits per heavy atom. The lowest BCUT2D eigenvalue weighted by Crippen LogP contribution is -2.65. The third-order valence-electron chi connectivity index (χ3n) is 5.45. The van der Waals surface area contributed by atoms with Gasteiger partial charge in [-0.1, -0.05) is 12.8 Å². The molecule has 2 saturated carbocycles. The molecule has 27 heavy (non-hydrogen) atoms. The zero-order chi connectivity index (χ0) is 19.0. The minimum atomic E-state index is -2.97. The lowest BCUT2D eigenvalue weighted by Gasteiger charge is -2.54. The number of sulfone groups is 1. The van der Waals surface area contributed by atoms with Crippen LogP contribution in [0.25, 0.3) is 0 Å². The second kappa shape index (κ2) is 11.8. The first kappa shape index (κ1) is 24.9. The Hall–Kier alpha value is -0.130. The van der Waals surface area contributed by atoms with Crippen LogP contribution in [0, 0.1) is 5.41 Å². The van der Waals surface area contributed by atoms with E-state index >= 15 is 0 Å². The number of rotatable bonds is 10. The molecule has 2 rings (SSSR count). The quantitative estimate of drug-likeness (QED) is 0.199. The van der Waals surface area contributed by atoms with Gasteiger partial charge in [-0.05, 0) is 33.1 Å². The van der Waals surface area contributed by atoms with Gasteiger partial charge in [-0.2, -0.15) is 0 Å². The van der Waals surface area contributed by atoms with Crippen LogP contribution in [0.1, 0.15) is 46.0 Å². The number of ether oxygens (including phenoxy) is 2. The summed E-state index contributed by atoms with van der Waals surface area (Å²) in [6.07, 6.45) is 7.63. The first-order valence-corrected chi connectivity index (χ1v) is 11.9. The van der Waals surface area contributed by atoms with Gasteiger partial charge in [-0.15, -0.1) is 24.0 Å². The maximum Gasteiger partial charge on any atom is 0.191 e. The summed E-state index contributed by atoms with van der Waals surface area (Å²) in [6.45, 7) is 6.85. The largest absolute Gasteiger partial charge is 0.378 e. The summed E-state index contributed by atoms with van der Waals surface area (Å²) in [5.74, 6) is 0.865. The van der Waals surface area contributed by atoms with Crippen LogP contribution in [-0.4, -0.2) is 71.4 Å². The lowest BCUT2D eigenvalue weighted by molar-refractivity contribution is -0.125. The summed E-state index contributed by atoms with van der Waals surface area (Å²) < 4.78 is 33.5. The Kier molecular flexibility index (Phi) is 10.9. The van der Waals surface area contributed by atoms with Gasteiger partial charge < -0.3 is 20.1 Å². The van der Waals surface area contributed by atoms with Crippen molar-refractivity contribution in [3.8, 4) is 0 Å². The predicted molar refractivity (Wildman–Crippen MR) is 120 cm³/mol. The van der Waals surface area contributed by atoms with E-state index in [4.69, 9.17) is 9.47 Å². The molecule has 2 aliphatic rings. The number of hydrogen-bond acceptors (Lipinski definition) is 5. The molecule has 0 amide bonds. The van der Waals surface area contributed by atoms with Gasteiger partial charge in [0.2, 0.25) is 0 Å². The fourth-order valence-electron chi connectivity index (χ4n) is 4.11. The molecule has 1 spiro atoms. The minimum absolute atomic E-state index is 0. The van der Waals surface area contributed by atoms with Crippen molar-refractivity contribution in [3.05, 3.63) is 0 Å². The molecule has 0 radical (unpaired) electrons. The Labute approximate surface area is 181 Å². The van der Waals surface area contributed by atoms with E-state index in [1.54, 1.807) is 0 Å². The monoisotopic (exact) mass is 517 g/mol. The minimum Gasteiger partial charge on any atom is -0.378 e. The van der Waals surface area contributed by atoms with E-state index < -0.39 is 9.84 Å². The molecule has 2 N–H and O–H groups in total. The summed E-state index contributed by atoms with van der Waals surface area (Å²) >= 11 is 0. The molecule has 0 aromatic rings. The van der Waals surface area contributed by atoms with Crippen LogP contribution in [-0.2, 0) is 19.3 Å². The predicted octanol–water partition coefficient (Wildman–Crippen LogP) is 1.96. The van der Waals surface area contributed by atoms with Gasteiger partial charge in [0.15, 0.2) is 5.96 Å². The molecule has 0 saturated heterocycles. The highest BCUT2D eigenvalue weighted by Gasteiger charge is 2.56. The molecule has 2 atom stereocenters. The molecule has 2 aliphatic carbocycles. The van der Waals surface area contributed by atoms with Gasteiger partial charge in [0, 0.05) is 30.9 Å². The van der Waals surface area contributed by atoms with E-state index in [1.165, 1.54) is 31.9 Å². The van der Waals surface area contributed by atoms with Crippen LogP contribution in [0.15, 0.2) is 4.99 Å². The summed E-state index contributed by atoms with van der Waals surface area (Å²) in [7, 11) is -2.97. The van der Waals surface area contributed by atoms with Crippen molar-refractivity contribution in [2.75, 3.05) is 44.9 Å². The number of aliphatic imine (C=N–C) groups is 1. The van der Waals surface area contributed by atoms with Crippen molar-refractivity contribution in [2.24, 2.45) is 10.4 Å². The van der Waals surface area contributed by atoms with Crippen LogP contribution >= 0.6 is 24.0 Å². The molecule has 0 aromatic carbocycles. The third kappa shape index (κ3) is 7.32. The molecule has 2 fully saturated rings. The number of hydrogen-bond donors (Lipinski definition) is 2. The second-order valence-electron chi connectivity index (χ2n) is 7.32. The molecular formula is C18H36IN3O4S. The number of nitrogens with zero attached hydrogens (tertiary/aromatic N) is 1. The molecular weight excluding hydrogens is 481 g/mol. The lowest BCUT2D eigenvalue weighted by atomic mass is 9.60. The van der Waals surface area contributed by atoms with E-state index in [1.807, 2.05) is 0 Å². The van der Waals surface area contributed by atoms with Crippen LogP contribution in [0.2, 0.25) is 0 Å². The average Bonchev–Trinajstić information content (AvgIpc) is 3.09. The zero-order valence-corrected chi connectivity index (χ0v) is 20.0. The summed E-state index contributed by atoms with van der Waals surface area (Å²) in [6, 6.07) is 0.408. The molecule has 0 aliphatic heterocycles. The highest BCUT2D eigenvalue weighted by molar-refractivity contribution is 14.0. The number of halogens is 1. The number of nitrogens with one attached hydrogen (secondary N) is 2. The summed E-state index contributed by atoms with van der Waals surface area (Å²) in [5, 5.41) is 6.89. The van der Waals surface area contributed by atoms with Gasteiger partial charge in [-0.25, -0.2) is 8.42 Å². The third-order valence-corrected chi connectivity index (χ3v) is 6.35. The molecule has 0 bridgehead atoms. The highest BCUT2D eigenvalue weighted by atomic mass is 127. The maximum atomic E-state index is 11.1. The van der Waals surface area contributed by atoms with E-state index in [-0.39, 0.29) is 41.8 Å². The van der Waals surface area contributed by atoms with E-state index in [0.29, 0.717) is 25.3 Å². The second-order valence-corrected chi connectivity index (χ2v) is 9.58. The zero-order valence-electron chi connectivity index (χ0n) is 16.8. The fourth-order valence-corrected chi connectivity index (χ4v) is 4.53. The Morgan fingerprint density at radius 1 is 1.22 bits per heavy atom. The van der Waals surface area contributed by atoms with Crippen LogP contribution in [0.4, 0.5) is 0 Å². The van der Waals surface area contributed by atoms with Crippen molar-refractivity contribution in [2.45, 2.75) is 58.1 Å². The molecule has 160 valence electrons. The van der Waals surface area contributed by atoms with E-state index in [2.05, 4.69) is 29.5 Å². The fraction of sp³-hybridized carbons (Fsp3) is 0.944. The van der Waals surface area contributed by atoms with Crippen LogP contribution < -0.4 is 10.6 Å². The Morgan fingerprint density at radius 2 is 1.93 bits per heavy atom. The first-order chi connectivity index (χ1) is 12.4. The standard InChI is InChI=1S/C18H35N3O4S.HI/c1-4-19-17(20-10-11-24-12-13-26(3,22)23)21-15-14-16(25-5-2)18(15)8-6-7-9-18;/h15-16H,4-14H2,1-3H3,(H2,19,20,21);1H. The molecule has 0 heterocycles. The van der Waals surface area contributed by atoms with Crippen molar-refractivity contribution < 1.29 is 17.9 Å². The first-order valence-electron chi connectivity index (χ1n) is 9.83. The smallest absolute Gasteiger partial charge is 0.191 e. The Bertz CT molecular complexity index is 565. The van der Waals surface area contributed by atoms with Gasteiger partial charge in [-0.3, -0.25) is 4.99 Å². The molecule has 7 nitrogen and oxygen atoms in total. The van der Waals surface area contributed by atoms with Gasteiger partial charge in [0.05, 0.1) is 31.6 Å². The molecule has 9 heteroatoms. The van der Waals surface area contributed by atoms with Gasteiger partial charge >= 0.3 is 0 Å². The average molecular weight is 517 g/mol. The van der Waals surface area contributed by atoms with Crippen molar-refractivity contribution in [1.29, 1.82) is 0 Å². The molecule has 2 unspecified atom stereocenters. The van der Waals surface area contributed by atoms with Gasteiger partial charge in [0.1, 0.15) is 9.84 Å². The van der Waals surface area contributed by atoms with Crippen molar-refractivity contribution >= 4 is 39.8 Å². The topological polar surface area (TPSA) is 89.0 Å².